The fraction of sp³-hybridized carbons (Fsp3) is 0.133. The zero-order valence-corrected chi connectivity index (χ0v) is 11.3. The highest BCUT2D eigenvalue weighted by atomic mass is 16.2. The van der Waals surface area contributed by atoms with Gasteiger partial charge in [0.25, 0.3) is 5.91 Å². The Hall–Kier alpha value is -2.69. The van der Waals surface area contributed by atoms with Gasteiger partial charge in [0.05, 0.1) is 0 Å². The standard InChI is InChI=1S/C15H15N3O2/c1-10-7-13(19)8-11(2)14(10)9-17-18-15(20)12-3-5-16-6-4-12/h3-9,17H,1-2H3,(H,18,20). The third kappa shape index (κ3) is 3.20. The summed E-state index contributed by atoms with van der Waals surface area (Å²) >= 11 is 0. The molecule has 0 atom stereocenters. The lowest BCUT2D eigenvalue weighted by Gasteiger charge is -2.13. The van der Waals surface area contributed by atoms with Crippen molar-refractivity contribution in [2.75, 3.05) is 0 Å². The fourth-order valence-electron chi connectivity index (χ4n) is 1.91. The van der Waals surface area contributed by atoms with Crippen molar-refractivity contribution in [3.63, 3.8) is 0 Å². The van der Waals surface area contributed by atoms with Gasteiger partial charge in [-0.25, -0.2) is 0 Å². The summed E-state index contributed by atoms with van der Waals surface area (Å²) in [6.45, 7) is 3.71. The fourth-order valence-corrected chi connectivity index (χ4v) is 1.91. The summed E-state index contributed by atoms with van der Waals surface area (Å²) in [4.78, 5) is 27.0. The summed E-state index contributed by atoms with van der Waals surface area (Å²) in [5, 5.41) is 0. The van der Waals surface area contributed by atoms with E-state index in [4.69, 9.17) is 0 Å². The summed E-state index contributed by atoms with van der Waals surface area (Å²) in [5.74, 6) is -0.266. The van der Waals surface area contributed by atoms with Gasteiger partial charge in [-0.2, -0.15) is 0 Å². The van der Waals surface area contributed by atoms with Gasteiger partial charge in [-0.05, 0) is 54.9 Å². The Kier molecular flexibility index (Phi) is 4.10. The first kappa shape index (κ1) is 13.7. The molecule has 0 radical (unpaired) electrons. The molecule has 0 saturated carbocycles. The van der Waals surface area contributed by atoms with Crippen LogP contribution in [0.1, 0.15) is 24.2 Å². The van der Waals surface area contributed by atoms with E-state index in [1.54, 1.807) is 42.9 Å². The first-order chi connectivity index (χ1) is 9.58. The number of amides is 1. The summed E-state index contributed by atoms with van der Waals surface area (Å²) in [7, 11) is 0. The van der Waals surface area contributed by atoms with Crippen molar-refractivity contribution in [2.45, 2.75) is 13.8 Å². The Morgan fingerprint density at radius 2 is 1.75 bits per heavy atom. The van der Waals surface area contributed by atoms with Gasteiger partial charge in [-0.3, -0.25) is 20.0 Å². The van der Waals surface area contributed by atoms with Crippen LogP contribution in [0.5, 0.6) is 0 Å². The summed E-state index contributed by atoms with van der Waals surface area (Å²) < 4.78 is 0. The third-order valence-electron chi connectivity index (χ3n) is 2.91. The van der Waals surface area contributed by atoms with Gasteiger partial charge in [0, 0.05) is 24.2 Å². The predicted octanol–water partition coefficient (Wildman–Crippen LogP) is 1.68. The lowest BCUT2D eigenvalue weighted by molar-refractivity contribution is -0.110. The Morgan fingerprint density at radius 3 is 2.35 bits per heavy atom. The number of nitrogens with zero attached hydrogens (tertiary/aromatic N) is 1. The summed E-state index contributed by atoms with van der Waals surface area (Å²) in [6, 6.07) is 3.25. The van der Waals surface area contributed by atoms with Crippen molar-refractivity contribution in [1.29, 1.82) is 0 Å². The van der Waals surface area contributed by atoms with Gasteiger partial charge in [0.2, 0.25) is 0 Å². The molecule has 0 bridgehead atoms. The maximum Gasteiger partial charge on any atom is 0.269 e. The van der Waals surface area contributed by atoms with Crippen molar-refractivity contribution in [3.8, 4) is 0 Å². The molecule has 5 nitrogen and oxygen atoms in total. The minimum atomic E-state index is -0.251. The van der Waals surface area contributed by atoms with Crippen LogP contribution in [0, 0.1) is 0 Å². The van der Waals surface area contributed by atoms with Crippen LogP contribution in [0.15, 0.2) is 59.6 Å². The molecule has 0 spiro atoms. The molecular weight excluding hydrogens is 254 g/mol. The second-order valence-electron chi connectivity index (χ2n) is 4.45. The summed E-state index contributed by atoms with van der Waals surface area (Å²) in [6.07, 6.45) is 7.90. The van der Waals surface area contributed by atoms with E-state index < -0.39 is 0 Å². The first-order valence-electron chi connectivity index (χ1n) is 6.15. The molecule has 2 rings (SSSR count). The van der Waals surface area contributed by atoms with E-state index in [-0.39, 0.29) is 11.7 Å². The molecule has 20 heavy (non-hydrogen) atoms. The molecule has 2 N–H and O–H groups in total. The number of aromatic nitrogens is 1. The van der Waals surface area contributed by atoms with Gasteiger partial charge < -0.3 is 5.43 Å². The molecule has 0 saturated heterocycles. The van der Waals surface area contributed by atoms with E-state index in [1.165, 1.54) is 0 Å². The van der Waals surface area contributed by atoms with Crippen LogP contribution < -0.4 is 10.9 Å². The highest BCUT2D eigenvalue weighted by Gasteiger charge is 2.11. The van der Waals surface area contributed by atoms with Crippen LogP contribution in [0.3, 0.4) is 0 Å². The number of carbonyl (C=O) groups excluding carboxylic acids is 2. The molecule has 0 fully saturated rings. The number of allylic oxidation sites excluding steroid dienone is 5. The van der Waals surface area contributed by atoms with Crippen LogP contribution in [-0.2, 0) is 4.79 Å². The van der Waals surface area contributed by atoms with E-state index in [1.807, 2.05) is 13.8 Å². The Labute approximate surface area is 117 Å². The van der Waals surface area contributed by atoms with Crippen molar-refractivity contribution in [3.05, 3.63) is 65.2 Å². The first-order valence-corrected chi connectivity index (χ1v) is 6.15. The number of hydrogen-bond donors (Lipinski definition) is 2. The molecule has 1 aliphatic carbocycles. The van der Waals surface area contributed by atoms with Crippen molar-refractivity contribution in [2.24, 2.45) is 0 Å². The van der Waals surface area contributed by atoms with Crippen LogP contribution in [-0.4, -0.2) is 16.7 Å². The van der Waals surface area contributed by atoms with Crippen LogP contribution >= 0.6 is 0 Å². The molecule has 0 aromatic carbocycles. The number of nitrogens with one attached hydrogen (secondary N) is 2. The minimum Gasteiger partial charge on any atom is -0.305 e. The van der Waals surface area contributed by atoms with E-state index in [0.29, 0.717) is 5.56 Å². The molecule has 102 valence electrons. The lowest BCUT2D eigenvalue weighted by Crippen LogP contribution is -2.34. The zero-order chi connectivity index (χ0) is 14.5. The van der Waals surface area contributed by atoms with Crippen LogP contribution in [0.2, 0.25) is 0 Å². The molecule has 5 heteroatoms. The molecule has 1 amide bonds. The second-order valence-corrected chi connectivity index (χ2v) is 4.45. The summed E-state index contributed by atoms with van der Waals surface area (Å²) in [5.41, 5.74) is 8.45. The molecule has 1 heterocycles. The minimum absolute atomic E-state index is 0.0158. The molecule has 1 aromatic rings. The van der Waals surface area contributed by atoms with Gasteiger partial charge in [0.1, 0.15) is 0 Å². The molecule has 0 aliphatic heterocycles. The highest BCUT2D eigenvalue weighted by molar-refractivity contribution is 6.03. The Bertz CT molecular complexity index is 604. The van der Waals surface area contributed by atoms with Gasteiger partial charge in [-0.1, -0.05) is 0 Å². The highest BCUT2D eigenvalue weighted by Crippen LogP contribution is 2.21. The zero-order valence-electron chi connectivity index (χ0n) is 11.3. The normalized spacial score (nSPS) is 14.3. The maximum absolute atomic E-state index is 11.8. The quantitative estimate of drug-likeness (QED) is 0.819. The monoisotopic (exact) mass is 269 g/mol. The van der Waals surface area contributed by atoms with Gasteiger partial charge in [-0.15, -0.1) is 0 Å². The molecule has 1 aromatic heterocycles. The van der Waals surface area contributed by atoms with Crippen molar-refractivity contribution >= 4 is 11.7 Å². The van der Waals surface area contributed by atoms with E-state index in [2.05, 4.69) is 15.8 Å². The van der Waals surface area contributed by atoms with E-state index in [9.17, 15) is 9.59 Å². The maximum atomic E-state index is 11.8. The SMILES string of the molecule is CC1=CC(=O)C=C(C)C1=CNNC(=O)c1ccncc1. The number of hydrogen-bond acceptors (Lipinski definition) is 4. The largest absolute Gasteiger partial charge is 0.305 e. The molecule has 0 unspecified atom stereocenters. The van der Waals surface area contributed by atoms with Crippen LogP contribution in [0.25, 0.3) is 0 Å². The van der Waals surface area contributed by atoms with Gasteiger partial charge >= 0.3 is 0 Å². The Balaban J connectivity index is 2.00. The topological polar surface area (TPSA) is 71.1 Å². The molecular formula is C15H15N3O2. The van der Waals surface area contributed by atoms with Crippen molar-refractivity contribution in [1.82, 2.24) is 15.8 Å². The van der Waals surface area contributed by atoms with Gasteiger partial charge in [0.15, 0.2) is 5.78 Å². The number of rotatable bonds is 3. The average molecular weight is 269 g/mol. The average Bonchev–Trinajstić information content (AvgIpc) is 2.42. The Morgan fingerprint density at radius 1 is 1.15 bits per heavy atom. The van der Waals surface area contributed by atoms with Crippen LogP contribution in [0.4, 0.5) is 0 Å². The van der Waals surface area contributed by atoms with Crippen molar-refractivity contribution < 1.29 is 9.59 Å². The second kappa shape index (κ2) is 5.97. The smallest absolute Gasteiger partial charge is 0.269 e. The number of carbonyl (C=O) groups is 2. The number of hydrazine groups is 1. The predicted molar refractivity (Wildman–Crippen MR) is 75.4 cm³/mol. The number of ketones is 1. The lowest BCUT2D eigenvalue weighted by atomic mass is 9.94. The molecule has 1 aliphatic rings. The van der Waals surface area contributed by atoms with E-state index in [0.717, 1.165) is 16.7 Å². The van der Waals surface area contributed by atoms with E-state index >= 15 is 0 Å². The number of pyridine rings is 1. The third-order valence-corrected chi connectivity index (χ3v) is 2.91.